The molecule has 0 fully saturated rings. The molecule has 3 aromatic rings. The van der Waals surface area contributed by atoms with Gasteiger partial charge in [-0.25, -0.2) is 9.78 Å². The van der Waals surface area contributed by atoms with Gasteiger partial charge >= 0.3 is 5.97 Å². The van der Waals surface area contributed by atoms with E-state index in [1.54, 1.807) is 18.2 Å². The lowest BCUT2D eigenvalue weighted by Gasteiger charge is -2.01. The molecule has 0 aliphatic heterocycles. The largest absolute Gasteiger partial charge is 0.477 e. The van der Waals surface area contributed by atoms with Gasteiger partial charge in [0.15, 0.2) is 5.82 Å². The van der Waals surface area contributed by atoms with Crippen molar-refractivity contribution in [3.8, 4) is 11.4 Å². The third-order valence-corrected chi connectivity index (χ3v) is 5.23. The lowest BCUT2D eigenvalue weighted by Crippen LogP contribution is -1.98. The zero-order valence-corrected chi connectivity index (χ0v) is 16.0. The number of nitrogens with one attached hydrogen (secondary N) is 1. The topological polar surface area (TPSA) is 83.8 Å². The summed E-state index contributed by atoms with van der Waals surface area (Å²) >= 11 is 6.89. The Morgan fingerprint density at radius 3 is 2.58 bits per heavy atom. The lowest BCUT2D eigenvalue weighted by molar-refractivity contribution is -0.131. The predicted molar refractivity (Wildman–Crippen MR) is 103 cm³/mol. The van der Waals surface area contributed by atoms with Gasteiger partial charge in [-0.2, -0.15) is 0 Å². The first-order valence-electron chi connectivity index (χ1n) is 7.79. The Bertz CT molecular complexity index is 989. The summed E-state index contributed by atoms with van der Waals surface area (Å²) in [6.07, 6.45) is 1.65. The quantitative estimate of drug-likeness (QED) is 0.503. The van der Waals surface area contributed by atoms with E-state index in [2.05, 4.69) is 15.2 Å². The van der Waals surface area contributed by atoms with Crippen LogP contribution >= 0.6 is 23.4 Å². The molecule has 2 aromatic heterocycles. The predicted octanol–water partition coefficient (Wildman–Crippen LogP) is 4.30. The van der Waals surface area contributed by atoms with Crippen molar-refractivity contribution < 1.29 is 9.90 Å². The molecule has 0 saturated heterocycles. The Hall–Kier alpha value is -2.51. The van der Waals surface area contributed by atoms with E-state index < -0.39 is 5.97 Å². The Morgan fingerprint density at radius 1 is 1.31 bits per heavy atom. The molecule has 8 heteroatoms. The minimum absolute atomic E-state index is 0.153. The van der Waals surface area contributed by atoms with Crippen LogP contribution in [0, 0.1) is 13.8 Å². The molecule has 0 aliphatic rings. The van der Waals surface area contributed by atoms with E-state index in [1.807, 2.05) is 43.7 Å². The summed E-state index contributed by atoms with van der Waals surface area (Å²) in [5.74, 6) is -0.464. The zero-order valence-electron chi connectivity index (χ0n) is 14.4. The zero-order chi connectivity index (χ0) is 18.8. The number of carboxylic acids is 1. The fourth-order valence-electron chi connectivity index (χ4n) is 2.43. The number of rotatable bonds is 5. The van der Waals surface area contributed by atoms with E-state index in [0.29, 0.717) is 16.0 Å². The van der Waals surface area contributed by atoms with Gasteiger partial charge < -0.3 is 9.67 Å². The van der Waals surface area contributed by atoms with Gasteiger partial charge in [0.05, 0.1) is 0 Å². The minimum Gasteiger partial charge on any atom is -0.477 e. The van der Waals surface area contributed by atoms with Crippen molar-refractivity contribution >= 4 is 35.4 Å². The highest BCUT2D eigenvalue weighted by Gasteiger charge is 2.16. The van der Waals surface area contributed by atoms with Gasteiger partial charge in [-0.05, 0) is 67.6 Å². The molecule has 0 aliphatic carbocycles. The molecule has 0 unspecified atom stereocenters. The molecule has 0 atom stereocenters. The minimum atomic E-state index is -1.02. The lowest BCUT2D eigenvalue weighted by atomic mass is 10.2. The van der Waals surface area contributed by atoms with Gasteiger partial charge in [-0.3, -0.25) is 5.10 Å². The summed E-state index contributed by atoms with van der Waals surface area (Å²) < 4.78 is 2.02. The molecule has 0 spiro atoms. The number of aromatic amines is 1. The Balaban J connectivity index is 1.87. The van der Waals surface area contributed by atoms with Crippen molar-refractivity contribution in [2.75, 3.05) is 0 Å². The summed E-state index contributed by atoms with van der Waals surface area (Å²) in [6.45, 7) is 3.93. The molecule has 134 valence electrons. The van der Waals surface area contributed by atoms with Crippen LogP contribution in [-0.2, 0) is 11.8 Å². The number of aromatic nitrogens is 4. The van der Waals surface area contributed by atoms with Gasteiger partial charge in [0.1, 0.15) is 4.91 Å². The van der Waals surface area contributed by atoms with Crippen molar-refractivity contribution in [3.05, 3.63) is 57.2 Å². The summed E-state index contributed by atoms with van der Waals surface area (Å²) in [5.41, 5.74) is 3.75. The van der Waals surface area contributed by atoms with Crippen molar-refractivity contribution in [2.24, 2.45) is 7.05 Å². The first-order chi connectivity index (χ1) is 12.3. The van der Waals surface area contributed by atoms with Gasteiger partial charge in [-0.15, -0.1) is 5.10 Å². The number of H-pyrrole nitrogens is 1. The van der Waals surface area contributed by atoms with Crippen molar-refractivity contribution in [1.82, 2.24) is 19.7 Å². The molecule has 2 heterocycles. The Kier molecular flexibility index (Phi) is 5.20. The fraction of sp³-hybridized carbons (Fsp3) is 0.167. The van der Waals surface area contributed by atoms with Crippen LogP contribution in [0.15, 0.2) is 40.4 Å². The number of thioether (sulfide) groups is 1. The van der Waals surface area contributed by atoms with E-state index in [-0.39, 0.29) is 4.91 Å². The highest BCUT2D eigenvalue weighted by molar-refractivity contribution is 8.04. The van der Waals surface area contributed by atoms with Crippen LogP contribution in [0.1, 0.15) is 17.0 Å². The second kappa shape index (κ2) is 7.39. The number of benzene rings is 1. The third-order valence-electron chi connectivity index (χ3n) is 4.10. The second-order valence-electron chi connectivity index (χ2n) is 5.77. The molecule has 1 aromatic carbocycles. The van der Waals surface area contributed by atoms with Crippen LogP contribution in [0.2, 0.25) is 5.02 Å². The first kappa shape index (κ1) is 18.3. The van der Waals surface area contributed by atoms with Crippen molar-refractivity contribution in [1.29, 1.82) is 0 Å². The van der Waals surface area contributed by atoms with E-state index in [9.17, 15) is 9.90 Å². The molecule has 3 rings (SSSR count). The standard InChI is InChI=1S/C18H17ClN4O2S/c1-10-8-13(11(2)23(10)3)9-15(17(24)25)26-18-20-16(21-22-18)12-4-6-14(19)7-5-12/h4-9H,1-3H3,(H,24,25)(H,20,21,22)/b15-9-. The number of hydrogen-bond acceptors (Lipinski definition) is 4. The van der Waals surface area contributed by atoms with E-state index in [0.717, 1.165) is 34.3 Å². The Labute approximate surface area is 159 Å². The molecular weight excluding hydrogens is 372 g/mol. The number of nitrogens with zero attached hydrogens (tertiary/aromatic N) is 3. The third kappa shape index (κ3) is 3.84. The molecule has 26 heavy (non-hydrogen) atoms. The molecule has 2 N–H and O–H groups in total. The number of halogens is 1. The molecule has 0 saturated carbocycles. The first-order valence-corrected chi connectivity index (χ1v) is 8.98. The number of aliphatic carboxylic acids is 1. The molecule has 0 bridgehead atoms. The van der Waals surface area contributed by atoms with Crippen LogP contribution in [0.25, 0.3) is 17.5 Å². The molecular formula is C18H17ClN4O2S. The summed E-state index contributed by atoms with van der Waals surface area (Å²) in [4.78, 5) is 16.2. The summed E-state index contributed by atoms with van der Waals surface area (Å²) in [6, 6.07) is 9.11. The molecule has 6 nitrogen and oxygen atoms in total. The van der Waals surface area contributed by atoms with Crippen LogP contribution in [0.5, 0.6) is 0 Å². The maximum absolute atomic E-state index is 11.6. The number of aryl methyl sites for hydroxylation is 1. The Morgan fingerprint density at radius 2 is 2.00 bits per heavy atom. The highest BCUT2D eigenvalue weighted by Crippen LogP contribution is 2.29. The number of carboxylic acid groups (broad SMARTS) is 1. The van der Waals surface area contributed by atoms with Crippen molar-refractivity contribution in [3.63, 3.8) is 0 Å². The molecule has 0 radical (unpaired) electrons. The second-order valence-corrected chi connectivity index (χ2v) is 7.22. The molecule has 0 amide bonds. The van der Waals surface area contributed by atoms with E-state index in [4.69, 9.17) is 11.6 Å². The average molecular weight is 389 g/mol. The fourth-order valence-corrected chi connectivity index (χ4v) is 3.26. The summed E-state index contributed by atoms with van der Waals surface area (Å²) in [7, 11) is 1.95. The highest BCUT2D eigenvalue weighted by atomic mass is 35.5. The maximum Gasteiger partial charge on any atom is 0.342 e. The number of hydrogen-bond donors (Lipinski definition) is 2. The smallest absolute Gasteiger partial charge is 0.342 e. The van der Waals surface area contributed by atoms with Crippen LogP contribution in [0.4, 0.5) is 0 Å². The van der Waals surface area contributed by atoms with Gasteiger partial charge in [0.2, 0.25) is 5.16 Å². The van der Waals surface area contributed by atoms with E-state index >= 15 is 0 Å². The maximum atomic E-state index is 11.6. The monoisotopic (exact) mass is 388 g/mol. The van der Waals surface area contributed by atoms with Gasteiger partial charge in [0.25, 0.3) is 0 Å². The van der Waals surface area contributed by atoms with Gasteiger partial charge in [0, 0.05) is 29.0 Å². The summed E-state index contributed by atoms with van der Waals surface area (Å²) in [5, 5.41) is 17.4. The van der Waals surface area contributed by atoms with Crippen LogP contribution in [0.3, 0.4) is 0 Å². The average Bonchev–Trinajstić information content (AvgIpc) is 3.16. The van der Waals surface area contributed by atoms with Crippen molar-refractivity contribution in [2.45, 2.75) is 19.0 Å². The van der Waals surface area contributed by atoms with Crippen LogP contribution < -0.4 is 0 Å². The SMILES string of the molecule is Cc1cc(/C=C(\Sc2n[nH]c(-c3ccc(Cl)cc3)n2)C(=O)O)c(C)n1C. The number of carbonyl (C=O) groups is 1. The van der Waals surface area contributed by atoms with Gasteiger partial charge in [-0.1, -0.05) is 11.6 Å². The van der Waals surface area contributed by atoms with Crippen LogP contribution in [-0.4, -0.2) is 30.8 Å². The normalized spacial score (nSPS) is 11.8. The van der Waals surface area contributed by atoms with E-state index in [1.165, 1.54) is 0 Å².